The third-order valence-corrected chi connectivity index (χ3v) is 7.50. The Morgan fingerprint density at radius 2 is 1.11 bits per heavy atom. The highest BCUT2D eigenvalue weighted by atomic mass is 14.9. The van der Waals surface area contributed by atoms with E-state index in [0.717, 1.165) is 13.1 Å². The van der Waals surface area contributed by atoms with Crippen molar-refractivity contribution >= 4 is 0 Å². The molecular weight excluding hydrogens is 424 g/mol. The van der Waals surface area contributed by atoms with Gasteiger partial charge in [0.05, 0.1) is 5.41 Å². The van der Waals surface area contributed by atoms with E-state index in [-0.39, 0.29) is 5.41 Å². The quantitative estimate of drug-likeness (QED) is 0.269. The smallest absolute Gasteiger partial charge is 0.174 e. The number of benzene rings is 3. The van der Waals surface area contributed by atoms with Crippen molar-refractivity contribution < 1.29 is 9.13 Å². The molecule has 0 radical (unpaired) electrons. The third kappa shape index (κ3) is 3.32. The largest absolute Gasteiger partial charge is 0.205 e. The Morgan fingerprint density at radius 1 is 0.543 bits per heavy atom. The molecule has 0 spiro atoms. The van der Waals surface area contributed by atoms with E-state index in [0.29, 0.717) is 0 Å². The van der Waals surface area contributed by atoms with Crippen LogP contribution < -0.4 is 9.13 Å². The van der Waals surface area contributed by atoms with E-state index in [2.05, 4.69) is 145 Å². The number of pyridine rings is 2. The van der Waals surface area contributed by atoms with Crippen molar-refractivity contribution in [3.63, 3.8) is 0 Å². The van der Waals surface area contributed by atoms with Gasteiger partial charge in [-0.05, 0) is 58.9 Å². The van der Waals surface area contributed by atoms with Crippen LogP contribution in [-0.4, -0.2) is 0 Å². The van der Waals surface area contributed by atoms with Gasteiger partial charge in [-0.2, -0.15) is 0 Å². The van der Waals surface area contributed by atoms with Gasteiger partial charge in [-0.25, -0.2) is 9.13 Å². The first kappa shape index (κ1) is 21.5. The van der Waals surface area contributed by atoms with Crippen LogP contribution in [0.3, 0.4) is 0 Å². The first-order valence-electron chi connectivity index (χ1n) is 12.5. The molecule has 0 saturated heterocycles. The zero-order valence-corrected chi connectivity index (χ0v) is 20.4. The molecule has 1 aliphatic carbocycles. The molecule has 5 aromatic rings. The minimum atomic E-state index is -0.376. The number of aryl methyl sites for hydroxylation is 2. The molecule has 0 atom stereocenters. The summed E-state index contributed by atoms with van der Waals surface area (Å²) in [7, 11) is 0. The highest BCUT2D eigenvalue weighted by molar-refractivity contribution is 5.87. The van der Waals surface area contributed by atoms with Gasteiger partial charge in [-0.3, -0.25) is 0 Å². The van der Waals surface area contributed by atoms with Gasteiger partial charge in [0.15, 0.2) is 24.8 Å². The van der Waals surface area contributed by atoms with Crippen molar-refractivity contribution in [3.8, 4) is 22.3 Å². The second-order valence-corrected chi connectivity index (χ2v) is 9.26. The van der Waals surface area contributed by atoms with E-state index in [4.69, 9.17) is 0 Å². The van der Waals surface area contributed by atoms with Gasteiger partial charge in [0, 0.05) is 23.8 Å². The van der Waals surface area contributed by atoms with Crippen molar-refractivity contribution in [3.05, 3.63) is 144 Å². The Bertz CT molecular complexity index is 1450. The maximum atomic E-state index is 2.43. The zero-order valence-electron chi connectivity index (χ0n) is 20.4. The van der Waals surface area contributed by atoms with Gasteiger partial charge in [0.25, 0.3) is 0 Å². The molecule has 2 heterocycles. The van der Waals surface area contributed by atoms with Crippen LogP contribution in [0.1, 0.15) is 36.1 Å². The van der Waals surface area contributed by atoms with Crippen LogP contribution in [0.4, 0.5) is 0 Å². The molecule has 2 nitrogen and oxygen atoms in total. The van der Waals surface area contributed by atoms with E-state index in [9.17, 15) is 0 Å². The van der Waals surface area contributed by atoms with Gasteiger partial charge in [0.2, 0.25) is 0 Å². The Hall–Kier alpha value is -4.04. The first-order valence-corrected chi connectivity index (χ1v) is 12.5. The lowest BCUT2D eigenvalue weighted by atomic mass is 9.68. The van der Waals surface area contributed by atoms with Crippen LogP contribution >= 0.6 is 0 Å². The van der Waals surface area contributed by atoms with Gasteiger partial charge in [0.1, 0.15) is 13.1 Å². The number of rotatable bonds is 5. The van der Waals surface area contributed by atoms with Gasteiger partial charge in [-0.1, -0.05) is 72.8 Å². The van der Waals surface area contributed by atoms with E-state index in [1.54, 1.807) is 0 Å². The van der Waals surface area contributed by atoms with Crippen molar-refractivity contribution in [2.45, 2.75) is 32.4 Å². The Labute approximate surface area is 207 Å². The fraction of sp³-hybridized carbons (Fsp3) is 0.152. The predicted molar refractivity (Wildman–Crippen MR) is 141 cm³/mol. The topological polar surface area (TPSA) is 7.76 Å². The molecule has 0 bridgehead atoms. The molecule has 1 aliphatic rings. The molecule has 0 aliphatic heterocycles. The fourth-order valence-corrected chi connectivity index (χ4v) is 5.71. The summed E-state index contributed by atoms with van der Waals surface area (Å²) in [6.07, 6.45) is 8.91. The number of hydrogen-bond donors (Lipinski definition) is 0. The van der Waals surface area contributed by atoms with E-state index in [1.807, 2.05) is 0 Å². The minimum Gasteiger partial charge on any atom is -0.205 e. The van der Waals surface area contributed by atoms with Crippen molar-refractivity contribution in [1.29, 1.82) is 0 Å². The SMILES string of the molecule is CC[n+]1ccc(-c2ccc3c(c2)C(c2ccccc2)(c2ccccc2)c2c[n+](CC)ccc2-3)cc1. The molecule has 0 unspecified atom stereocenters. The second kappa shape index (κ2) is 8.63. The van der Waals surface area contributed by atoms with Crippen LogP contribution in [0.25, 0.3) is 22.3 Å². The standard InChI is InChI=1S/C33H30N2/c1-3-34-20-17-25(18-21-34)26-15-16-29-30-19-22-35(4-2)24-32(30)33(31(29)23-26,27-11-7-5-8-12-27)28-13-9-6-10-14-28/h5-24H,3-4H2,1-2H3/q+2. The maximum absolute atomic E-state index is 2.43. The molecule has 35 heavy (non-hydrogen) atoms. The predicted octanol–water partition coefficient (Wildman–Crippen LogP) is 6.33. The second-order valence-electron chi connectivity index (χ2n) is 9.26. The van der Waals surface area contributed by atoms with E-state index in [1.165, 1.54) is 44.5 Å². The number of aromatic nitrogens is 2. The van der Waals surface area contributed by atoms with Crippen LogP contribution in [0.2, 0.25) is 0 Å². The summed E-state index contributed by atoms with van der Waals surface area (Å²) in [6.45, 7) is 6.29. The number of nitrogens with zero attached hydrogens (tertiary/aromatic N) is 2. The summed E-state index contributed by atoms with van der Waals surface area (Å²) < 4.78 is 4.50. The van der Waals surface area contributed by atoms with Gasteiger partial charge < -0.3 is 0 Å². The summed E-state index contributed by atoms with van der Waals surface area (Å²) in [4.78, 5) is 0. The molecule has 2 heteroatoms. The molecule has 3 aromatic carbocycles. The molecule has 0 fully saturated rings. The van der Waals surface area contributed by atoms with Gasteiger partial charge >= 0.3 is 0 Å². The lowest BCUT2D eigenvalue weighted by molar-refractivity contribution is -0.694. The Morgan fingerprint density at radius 3 is 1.71 bits per heavy atom. The summed E-state index contributed by atoms with van der Waals surface area (Å²) in [6, 6.07) is 35.8. The van der Waals surface area contributed by atoms with Crippen LogP contribution in [-0.2, 0) is 18.5 Å². The highest BCUT2D eigenvalue weighted by Gasteiger charge is 2.47. The molecule has 170 valence electrons. The Kier molecular flexibility index (Phi) is 5.30. The molecule has 0 amide bonds. The summed E-state index contributed by atoms with van der Waals surface area (Å²) in [5.74, 6) is 0. The summed E-state index contributed by atoms with van der Waals surface area (Å²) in [5.41, 5.74) is 10.1. The molecule has 0 N–H and O–H groups in total. The molecular formula is C33H30N2+2. The number of hydrogen-bond acceptors (Lipinski definition) is 0. The van der Waals surface area contributed by atoms with Gasteiger partial charge in [-0.15, -0.1) is 0 Å². The Balaban J connectivity index is 1.69. The summed E-state index contributed by atoms with van der Waals surface area (Å²) in [5, 5.41) is 0. The van der Waals surface area contributed by atoms with Crippen LogP contribution in [0.5, 0.6) is 0 Å². The first-order chi connectivity index (χ1) is 17.3. The normalized spacial score (nSPS) is 13.3. The molecule has 6 rings (SSSR count). The van der Waals surface area contributed by atoms with E-state index >= 15 is 0 Å². The van der Waals surface area contributed by atoms with Crippen LogP contribution in [0.15, 0.2) is 122 Å². The van der Waals surface area contributed by atoms with Crippen molar-refractivity contribution in [2.75, 3.05) is 0 Å². The zero-order chi connectivity index (χ0) is 23.8. The average Bonchev–Trinajstić information content (AvgIpc) is 3.23. The minimum absolute atomic E-state index is 0.376. The molecule has 2 aromatic heterocycles. The number of fused-ring (bicyclic) bond motifs is 3. The monoisotopic (exact) mass is 454 g/mol. The van der Waals surface area contributed by atoms with Crippen LogP contribution in [0, 0.1) is 0 Å². The molecule has 0 saturated carbocycles. The average molecular weight is 455 g/mol. The van der Waals surface area contributed by atoms with Crippen molar-refractivity contribution in [2.24, 2.45) is 0 Å². The lowest BCUT2D eigenvalue weighted by Gasteiger charge is -2.33. The lowest BCUT2D eigenvalue weighted by Crippen LogP contribution is -2.36. The summed E-state index contributed by atoms with van der Waals surface area (Å²) >= 11 is 0. The van der Waals surface area contributed by atoms with Crippen molar-refractivity contribution in [1.82, 2.24) is 0 Å². The highest BCUT2D eigenvalue weighted by Crippen LogP contribution is 2.56. The third-order valence-electron chi connectivity index (χ3n) is 7.50. The maximum Gasteiger partial charge on any atom is 0.174 e. The van der Waals surface area contributed by atoms with E-state index < -0.39 is 0 Å². The fourth-order valence-electron chi connectivity index (χ4n) is 5.71.